The molecule has 0 aliphatic carbocycles. The van der Waals surface area contributed by atoms with Gasteiger partial charge in [0.25, 0.3) is 0 Å². The smallest absolute Gasteiger partial charge is 0.228 e. The summed E-state index contributed by atoms with van der Waals surface area (Å²) >= 11 is 3.43. The normalized spacial score (nSPS) is 15.1. The molecule has 7 heteroatoms. The van der Waals surface area contributed by atoms with Gasteiger partial charge in [-0.2, -0.15) is 0 Å². The number of fused-ring (bicyclic) bond motifs is 1. The van der Waals surface area contributed by atoms with Crippen molar-refractivity contribution in [1.29, 1.82) is 0 Å². The Morgan fingerprint density at radius 2 is 2.07 bits per heavy atom. The second-order valence-corrected chi connectivity index (χ2v) is 7.57. The Labute approximate surface area is 166 Å². The van der Waals surface area contributed by atoms with Crippen molar-refractivity contribution in [2.45, 2.75) is 13.0 Å². The quantitative estimate of drug-likeness (QED) is 0.653. The van der Waals surface area contributed by atoms with Crippen LogP contribution in [0.3, 0.4) is 0 Å². The summed E-state index contributed by atoms with van der Waals surface area (Å²) in [5.74, 6) is 0.894. The van der Waals surface area contributed by atoms with E-state index in [9.17, 15) is 4.79 Å². The van der Waals surface area contributed by atoms with E-state index in [-0.39, 0.29) is 5.91 Å². The largest absolute Gasteiger partial charge is 0.379 e. The maximum absolute atomic E-state index is 12.3. The van der Waals surface area contributed by atoms with Crippen LogP contribution < -0.4 is 5.32 Å². The van der Waals surface area contributed by atoms with Gasteiger partial charge in [-0.1, -0.05) is 28.1 Å². The fraction of sp³-hybridized carbons (Fsp3) is 0.300. The molecule has 4 rings (SSSR count). The van der Waals surface area contributed by atoms with Crippen LogP contribution in [-0.2, 0) is 22.5 Å². The predicted octanol–water partition coefficient (Wildman–Crippen LogP) is 3.34. The summed E-state index contributed by atoms with van der Waals surface area (Å²) in [4.78, 5) is 22.7. The molecule has 140 valence electrons. The van der Waals surface area contributed by atoms with Gasteiger partial charge in [-0.25, -0.2) is 4.98 Å². The van der Waals surface area contributed by atoms with Gasteiger partial charge in [0.2, 0.25) is 5.91 Å². The number of amides is 1. The molecule has 1 amide bonds. The number of aromatic amines is 1. The number of H-pyrrole nitrogens is 1. The third kappa shape index (κ3) is 4.74. The molecule has 0 unspecified atom stereocenters. The van der Waals surface area contributed by atoms with E-state index in [1.54, 1.807) is 0 Å². The van der Waals surface area contributed by atoms with E-state index in [4.69, 9.17) is 4.74 Å². The zero-order valence-corrected chi connectivity index (χ0v) is 16.5. The lowest BCUT2D eigenvalue weighted by atomic mass is 10.1. The monoisotopic (exact) mass is 428 g/mol. The van der Waals surface area contributed by atoms with Crippen molar-refractivity contribution in [2.75, 3.05) is 31.6 Å². The summed E-state index contributed by atoms with van der Waals surface area (Å²) in [6, 6.07) is 13.5. The summed E-state index contributed by atoms with van der Waals surface area (Å²) in [6.07, 6.45) is 0.336. The van der Waals surface area contributed by atoms with Gasteiger partial charge in [0, 0.05) is 23.2 Å². The number of hydrogen-bond donors (Lipinski definition) is 2. The number of nitrogens with zero attached hydrogens (tertiary/aromatic N) is 2. The number of aromatic nitrogens is 2. The van der Waals surface area contributed by atoms with Crippen LogP contribution in [0.1, 0.15) is 11.4 Å². The molecule has 2 N–H and O–H groups in total. The number of rotatable bonds is 5. The number of anilines is 1. The average molecular weight is 429 g/mol. The third-order valence-corrected chi connectivity index (χ3v) is 5.04. The molecule has 2 aromatic carbocycles. The van der Waals surface area contributed by atoms with Crippen LogP contribution in [-0.4, -0.2) is 47.1 Å². The Kier molecular flexibility index (Phi) is 5.52. The molecule has 0 saturated carbocycles. The van der Waals surface area contributed by atoms with Crippen LogP contribution in [0.4, 0.5) is 5.69 Å². The van der Waals surface area contributed by atoms with Crippen molar-refractivity contribution >= 4 is 38.6 Å². The molecule has 6 nitrogen and oxygen atoms in total. The first-order chi connectivity index (χ1) is 13.2. The van der Waals surface area contributed by atoms with E-state index in [2.05, 4.69) is 36.1 Å². The molecule has 1 aliphatic heterocycles. The standard InChI is InChI=1S/C20H21BrN4O2/c21-15-3-1-2-14(10-15)11-20(26)22-16-4-5-17-18(12-16)24-19(23-17)13-25-6-8-27-9-7-25/h1-5,10,12H,6-9,11,13H2,(H,22,26)(H,23,24). The number of nitrogens with one attached hydrogen (secondary N) is 2. The number of carbonyl (C=O) groups excluding carboxylic acids is 1. The van der Waals surface area contributed by atoms with Crippen LogP contribution in [0, 0.1) is 0 Å². The lowest BCUT2D eigenvalue weighted by Crippen LogP contribution is -2.35. The number of carbonyl (C=O) groups is 1. The maximum Gasteiger partial charge on any atom is 0.228 e. The molecule has 0 spiro atoms. The van der Waals surface area contributed by atoms with E-state index >= 15 is 0 Å². The molecule has 1 aromatic heterocycles. The molecule has 0 bridgehead atoms. The van der Waals surface area contributed by atoms with Gasteiger partial charge in [-0.3, -0.25) is 9.69 Å². The van der Waals surface area contributed by atoms with Crippen molar-refractivity contribution in [3.63, 3.8) is 0 Å². The zero-order valence-electron chi connectivity index (χ0n) is 14.9. The third-order valence-electron chi connectivity index (χ3n) is 4.55. The van der Waals surface area contributed by atoms with Crippen LogP contribution in [0.25, 0.3) is 11.0 Å². The highest BCUT2D eigenvalue weighted by Gasteiger charge is 2.13. The van der Waals surface area contributed by atoms with Gasteiger partial charge in [-0.05, 0) is 35.9 Å². The number of hydrogen-bond acceptors (Lipinski definition) is 4. The van der Waals surface area contributed by atoms with Crippen molar-refractivity contribution in [3.8, 4) is 0 Å². The Balaban J connectivity index is 1.42. The van der Waals surface area contributed by atoms with Gasteiger partial charge in [-0.15, -0.1) is 0 Å². The fourth-order valence-electron chi connectivity index (χ4n) is 3.22. The number of benzene rings is 2. The van der Waals surface area contributed by atoms with Gasteiger partial charge < -0.3 is 15.0 Å². The van der Waals surface area contributed by atoms with E-state index in [1.807, 2.05) is 42.5 Å². The van der Waals surface area contributed by atoms with Gasteiger partial charge in [0.1, 0.15) is 5.82 Å². The Bertz CT molecular complexity index is 950. The Morgan fingerprint density at radius 1 is 1.22 bits per heavy atom. The van der Waals surface area contributed by atoms with Crippen LogP contribution in [0.2, 0.25) is 0 Å². The minimum absolute atomic E-state index is 0.0412. The Hall–Kier alpha value is -2.22. The number of halogens is 1. The average Bonchev–Trinajstić information content (AvgIpc) is 3.04. The highest BCUT2D eigenvalue weighted by Crippen LogP contribution is 2.19. The van der Waals surface area contributed by atoms with E-state index in [0.29, 0.717) is 6.42 Å². The number of imidazole rings is 1. The number of ether oxygens (including phenoxy) is 1. The number of morpholine rings is 1. The molecule has 1 aliphatic rings. The minimum atomic E-state index is -0.0412. The molecule has 27 heavy (non-hydrogen) atoms. The second kappa shape index (κ2) is 8.21. The first-order valence-electron chi connectivity index (χ1n) is 8.99. The predicted molar refractivity (Wildman–Crippen MR) is 109 cm³/mol. The van der Waals surface area contributed by atoms with Crippen LogP contribution in [0.15, 0.2) is 46.9 Å². The molecule has 0 atom stereocenters. The highest BCUT2D eigenvalue weighted by atomic mass is 79.9. The molecule has 0 radical (unpaired) electrons. The van der Waals surface area contributed by atoms with Gasteiger partial charge >= 0.3 is 0 Å². The maximum atomic E-state index is 12.3. The van der Waals surface area contributed by atoms with Crippen molar-refractivity contribution in [2.24, 2.45) is 0 Å². The summed E-state index contributed by atoms with van der Waals surface area (Å²) in [5.41, 5.74) is 3.57. The summed E-state index contributed by atoms with van der Waals surface area (Å²) in [6.45, 7) is 4.17. The summed E-state index contributed by atoms with van der Waals surface area (Å²) < 4.78 is 6.35. The fourth-order valence-corrected chi connectivity index (χ4v) is 3.67. The molecular weight excluding hydrogens is 408 g/mol. The van der Waals surface area contributed by atoms with Crippen molar-refractivity contribution < 1.29 is 9.53 Å². The van der Waals surface area contributed by atoms with Gasteiger partial charge in [0.15, 0.2) is 0 Å². The Morgan fingerprint density at radius 3 is 2.89 bits per heavy atom. The lowest BCUT2D eigenvalue weighted by molar-refractivity contribution is -0.115. The first kappa shape index (κ1) is 18.2. The van der Waals surface area contributed by atoms with E-state index in [1.165, 1.54) is 0 Å². The highest BCUT2D eigenvalue weighted by molar-refractivity contribution is 9.10. The van der Waals surface area contributed by atoms with Gasteiger partial charge in [0.05, 0.1) is 37.2 Å². The molecule has 1 saturated heterocycles. The zero-order chi connectivity index (χ0) is 18.6. The SMILES string of the molecule is O=C(Cc1cccc(Br)c1)Nc1ccc2nc(CN3CCOCC3)[nH]c2c1. The summed E-state index contributed by atoms with van der Waals surface area (Å²) in [5, 5.41) is 2.96. The topological polar surface area (TPSA) is 70.2 Å². The summed E-state index contributed by atoms with van der Waals surface area (Å²) in [7, 11) is 0. The minimum Gasteiger partial charge on any atom is -0.379 e. The first-order valence-corrected chi connectivity index (χ1v) is 9.78. The molecule has 3 aromatic rings. The second-order valence-electron chi connectivity index (χ2n) is 6.66. The van der Waals surface area contributed by atoms with Crippen LogP contribution >= 0.6 is 15.9 Å². The van der Waals surface area contributed by atoms with E-state index < -0.39 is 0 Å². The van der Waals surface area contributed by atoms with E-state index in [0.717, 1.165) is 65.4 Å². The van der Waals surface area contributed by atoms with Crippen LogP contribution in [0.5, 0.6) is 0 Å². The van der Waals surface area contributed by atoms with Crippen molar-refractivity contribution in [1.82, 2.24) is 14.9 Å². The molecule has 1 fully saturated rings. The van der Waals surface area contributed by atoms with Crippen molar-refractivity contribution in [3.05, 3.63) is 58.3 Å². The molecular formula is C20H21BrN4O2. The molecule has 2 heterocycles. The lowest BCUT2D eigenvalue weighted by Gasteiger charge is -2.25.